The van der Waals surface area contributed by atoms with Crippen LogP contribution in [0.25, 0.3) is 0 Å². The summed E-state index contributed by atoms with van der Waals surface area (Å²) in [6.45, 7) is 5.50. The lowest BCUT2D eigenvalue weighted by Gasteiger charge is -2.10. The van der Waals surface area contributed by atoms with Gasteiger partial charge in [-0.05, 0) is 18.6 Å². The van der Waals surface area contributed by atoms with Crippen molar-refractivity contribution in [3.8, 4) is 0 Å². The second-order valence-electron chi connectivity index (χ2n) is 7.07. The van der Waals surface area contributed by atoms with Crippen LogP contribution in [0.1, 0.15) is 45.3 Å². The van der Waals surface area contributed by atoms with Crippen molar-refractivity contribution in [2.24, 2.45) is 0 Å². The summed E-state index contributed by atoms with van der Waals surface area (Å²) < 4.78 is 10.1. The van der Waals surface area contributed by atoms with Gasteiger partial charge >= 0.3 is 5.97 Å². The molecular weight excluding hydrogens is 429 g/mol. The summed E-state index contributed by atoms with van der Waals surface area (Å²) in [5.74, 6) is 0.0266. The van der Waals surface area contributed by atoms with Gasteiger partial charge in [-0.3, -0.25) is 9.59 Å². The second-order valence-corrected chi connectivity index (χ2v) is 8.29. The average molecular weight is 449 g/mol. The minimum atomic E-state index is -0.541. The molecule has 2 rings (SSSR count). The van der Waals surface area contributed by atoms with Crippen LogP contribution in [0.5, 0.6) is 0 Å². The zero-order chi connectivity index (χ0) is 20.9. The molecule has 10 heteroatoms. The number of nitrogens with one attached hydrogen (secondary N) is 1. The molecule has 2 aromatic rings. The molecular formula is C18H20Cl3N3O4. The van der Waals surface area contributed by atoms with Crippen LogP contribution in [0.4, 0.5) is 5.69 Å². The Kier molecular flexibility index (Phi) is 7.69. The van der Waals surface area contributed by atoms with Gasteiger partial charge in [-0.1, -0.05) is 60.7 Å². The summed E-state index contributed by atoms with van der Waals surface area (Å²) in [5.41, 5.74) is 0.0776. The number of rotatable bonds is 7. The maximum Gasteiger partial charge on any atom is 0.306 e. The number of benzene rings is 1. The smallest absolute Gasteiger partial charge is 0.306 e. The third-order valence-electron chi connectivity index (χ3n) is 3.56. The highest BCUT2D eigenvalue weighted by atomic mass is 35.5. The Morgan fingerprint density at radius 1 is 1.14 bits per heavy atom. The standard InChI is InChI=1S/C18H20Cl3N3O4/c1-18(2,3)17-23-15(28-24-17)5-4-6-16(26)27-9-14(25)22-13-8-11(20)10(19)7-12(13)21/h7-8H,4-6,9H2,1-3H3,(H,22,25). The van der Waals surface area contributed by atoms with Crippen molar-refractivity contribution in [3.63, 3.8) is 0 Å². The molecule has 1 aromatic heterocycles. The number of aryl methyl sites for hydroxylation is 1. The van der Waals surface area contributed by atoms with Gasteiger partial charge in [0.05, 0.1) is 20.8 Å². The van der Waals surface area contributed by atoms with E-state index in [2.05, 4.69) is 15.5 Å². The maximum atomic E-state index is 11.9. The lowest BCUT2D eigenvalue weighted by Crippen LogP contribution is -2.21. The predicted octanol–water partition coefficient (Wildman–Crippen LogP) is 4.83. The summed E-state index contributed by atoms with van der Waals surface area (Å²) in [4.78, 5) is 28.0. The van der Waals surface area contributed by atoms with E-state index in [4.69, 9.17) is 44.1 Å². The molecule has 0 radical (unpaired) electrons. The van der Waals surface area contributed by atoms with Crippen LogP contribution in [0, 0.1) is 0 Å². The van der Waals surface area contributed by atoms with E-state index < -0.39 is 18.5 Å². The van der Waals surface area contributed by atoms with Crippen LogP contribution >= 0.6 is 34.8 Å². The van der Waals surface area contributed by atoms with Gasteiger partial charge in [0.2, 0.25) is 5.89 Å². The van der Waals surface area contributed by atoms with Gasteiger partial charge in [0.15, 0.2) is 12.4 Å². The van der Waals surface area contributed by atoms with Gasteiger partial charge in [0, 0.05) is 18.3 Å². The molecule has 1 heterocycles. The molecule has 0 spiro atoms. The number of carbonyl (C=O) groups is 2. The lowest BCUT2D eigenvalue weighted by molar-refractivity contribution is -0.147. The zero-order valence-electron chi connectivity index (χ0n) is 15.6. The zero-order valence-corrected chi connectivity index (χ0v) is 17.9. The van der Waals surface area contributed by atoms with Crippen molar-refractivity contribution in [1.29, 1.82) is 0 Å². The van der Waals surface area contributed by atoms with E-state index in [1.807, 2.05) is 20.8 Å². The molecule has 0 saturated heterocycles. The van der Waals surface area contributed by atoms with Crippen molar-refractivity contribution in [2.75, 3.05) is 11.9 Å². The van der Waals surface area contributed by atoms with E-state index in [0.29, 0.717) is 24.6 Å². The lowest BCUT2D eigenvalue weighted by atomic mass is 9.96. The number of halogens is 3. The molecule has 0 aliphatic rings. The number of hydrogen-bond acceptors (Lipinski definition) is 6. The van der Waals surface area contributed by atoms with E-state index in [1.165, 1.54) is 12.1 Å². The number of ether oxygens (including phenoxy) is 1. The number of amides is 1. The molecule has 0 fully saturated rings. The van der Waals surface area contributed by atoms with E-state index in [0.717, 1.165) is 0 Å². The Labute approximate surface area is 177 Å². The fourth-order valence-electron chi connectivity index (χ4n) is 2.07. The molecule has 0 bridgehead atoms. The van der Waals surface area contributed by atoms with Gasteiger partial charge in [0.1, 0.15) is 0 Å². The predicted molar refractivity (Wildman–Crippen MR) is 107 cm³/mol. The van der Waals surface area contributed by atoms with Crippen molar-refractivity contribution in [1.82, 2.24) is 10.1 Å². The van der Waals surface area contributed by atoms with Crippen LogP contribution in [0.3, 0.4) is 0 Å². The quantitative estimate of drug-likeness (QED) is 0.481. The summed E-state index contributed by atoms with van der Waals surface area (Å²) >= 11 is 17.7. The van der Waals surface area contributed by atoms with Gasteiger partial charge in [0.25, 0.3) is 5.91 Å². The largest absolute Gasteiger partial charge is 0.456 e. The van der Waals surface area contributed by atoms with Crippen molar-refractivity contribution < 1.29 is 18.8 Å². The maximum absolute atomic E-state index is 11.9. The molecule has 28 heavy (non-hydrogen) atoms. The molecule has 152 valence electrons. The highest BCUT2D eigenvalue weighted by Crippen LogP contribution is 2.32. The first-order valence-corrected chi connectivity index (χ1v) is 9.62. The number of carbonyl (C=O) groups excluding carboxylic acids is 2. The van der Waals surface area contributed by atoms with Gasteiger partial charge in [-0.25, -0.2) is 0 Å². The Morgan fingerprint density at radius 2 is 1.82 bits per heavy atom. The topological polar surface area (TPSA) is 94.3 Å². The van der Waals surface area contributed by atoms with Crippen molar-refractivity contribution in [3.05, 3.63) is 38.9 Å². The van der Waals surface area contributed by atoms with Crippen LogP contribution in [-0.2, 0) is 26.2 Å². The molecule has 1 amide bonds. The molecule has 1 N–H and O–H groups in total. The second kappa shape index (κ2) is 9.58. The molecule has 0 saturated carbocycles. The normalized spacial score (nSPS) is 11.4. The van der Waals surface area contributed by atoms with Gasteiger partial charge in [-0.15, -0.1) is 0 Å². The van der Waals surface area contributed by atoms with Crippen LogP contribution in [-0.4, -0.2) is 28.6 Å². The van der Waals surface area contributed by atoms with E-state index in [-0.39, 0.29) is 32.6 Å². The minimum absolute atomic E-state index is 0.119. The average Bonchev–Trinajstić information content (AvgIpc) is 3.07. The van der Waals surface area contributed by atoms with Crippen molar-refractivity contribution >= 4 is 52.4 Å². The highest BCUT2D eigenvalue weighted by Gasteiger charge is 2.21. The highest BCUT2D eigenvalue weighted by molar-refractivity contribution is 6.44. The summed E-state index contributed by atoms with van der Waals surface area (Å²) in [5, 5.41) is 7.17. The number of hydrogen-bond donors (Lipinski definition) is 1. The number of nitrogens with zero attached hydrogens (tertiary/aromatic N) is 2. The molecule has 0 atom stereocenters. The molecule has 1 aromatic carbocycles. The molecule has 0 aliphatic carbocycles. The Morgan fingerprint density at radius 3 is 2.46 bits per heavy atom. The third-order valence-corrected chi connectivity index (χ3v) is 4.59. The Hall–Kier alpha value is -1.83. The number of anilines is 1. The third kappa shape index (κ3) is 6.65. The fraction of sp³-hybridized carbons (Fsp3) is 0.444. The molecule has 0 aliphatic heterocycles. The summed E-state index contributed by atoms with van der Waals surface area (Å²) in [6.07, 6.45) is 1.03. The van der Waals surface area contributed by atoms with Crippen molar-refractivity contribution in [2.45, 2.75) is 45.4 Å². The first-order chi connectivity index (χ1) is 13.1. The first-order valence-electron chi connectivity index (χ1n) is 8.49. The first kappa shape index (κ1) is 22.5. The van der Waals surface area contributed by atoms with E-state index >= 15 is 0 Å². The van der Waals surface area contributed by atoms with E-state index in [9.17, 15) is 9.59 Å². The van der Waals surface area contributed by atoms with Crippen LogP contribution in [0.15, 0.2) is 16.7 Å². The SMILES string of the molecule is CC(C)(C)c1noc(CCCC(=O)OCC(=O)Nc2cc(Cl)c(Cl)cc2Cl)n1. The molecule has 7 nitrogen and oxygen atoms in total. The van der Waals surface area contributed by atoms with Crippen LogP contribution in [0.2, 0.25) is 15.1 Å². The van der Waals surface area contributed by atoms with Gasteiger partial charge in [-0.2, -0.15) is 4.98 Å². The molecule has 0 unspecified atom stereocenters. The summed E-state index contributed by atoms with van der Waals surface area (Å²) in [7, 11) is 0. The van der Waals surface area contributed by atoms with Gasteiger partial charge < -0.3 is 14.6 Å². The van der Waals surface area contributed by atoms with Crippen LogP contribution < -0.4 is 5.32 Å². The summed E-state index contributed by atoms with van der Waals surface area (Å²) in [6, 6.07) is 2.83. The minimum Gasteiger partial charge on any atom is -0.456 e. The Bertz CT molecular complexity index is 862. The monoisotopic (exact) mass is 447 g/mol. The fourth-order valence-corrected chi connectivity index (χ4v) is 2.66. The number of esters is 1. The van der Waals surface area contributed by atoms with E-state index in [1.54, 1.807) is 0 Å². The number of aromatic nitrogens is 2. The Balaban J connectivity index is 1.73.